The third-order valence-electron chi connectivity index (χ3n) is 7.56. The molecule has 3 N–H and O–H groups in total. The van der Waals surface area contributed by atoms with Crippen LogP contribution in [-0.4, -0.2) is 80.8 Å². The summed E-state index contributed by atoms with van der Waals surface area (Å²) in [5.41, 5.74) is 2.30. The Morgan fingerprint density at radius 2 is 1.80 bits per heavy atom. The van der Waals surface area contributed by atoms with Crippen molar-refractivity contribution < 1.29 is 27.9 Å². The third-order valence-corrected chi connectivity index (χ3v) is 7.56. The number of halogens is 3. The van der Waals surface area contributed by atoms with E-state index in [1.165, 1.54) is 12.1 Å². The minimum Gasteiger partial charge on any atom is -0.465 e. The molecular formula is C32H32F3N7O3. The third kappa shape index (κ3) is 8.17. The molecule has 1 fully saturated rings. The number of nitrogens with zero attached hydrogens (tertiary/aromatic N) is 5. The van der Waals surface area contributed by atoms with Gasteiger partial charge in [0, 0.05) is 62.3 Å². The van der Waals surface area contributed by atoms with Crippen LogP contribution < -0.4 is 10.6 Å². The zero-order valence-corrected chi connectivity index (χ0v) is 24.6. The molecule has 1 saturated heterocycles. The van der Waals surface area contributed by atoms with Crippen molar-refractivity contribution in [1.29, 1.82) is 0 Å². The summed E-state index contributed by atoms with van der Waals surface area (Å²) >= 11 is 0. The monoisotopic (exact) mass is 619 g/mol. The molecule has 0 atom stereocenters. The molecule has 234 valence electrons. The van der Waals surface area contributed by atoms with Crippen LogP contribution in [0.15, 0.2) is 60.9 Å². The highest BCUT2D eigenvalue weighted by Gasteiger charge is 2.34. The first kappa shape index (κ1) is 31.5. The standard InChI is InChI=1S/C32H32F3N7O3/c1-22-5-6-24(18-23(22)8-10-27-20-37-29-4-2-12-38-42(27)29)30(43)39-26-9-7-25(28(19-26)32(33,34)35)21-41-16-14-40(15-17-41)13-3-11-36-31(44)45/h2,4-7,9,12,18-20,36H,3,11,13-17,21H2,1H3,(H,39,43)(H,44,45). The number of aryl methyl sites for hydroxylation is 1. The Kier molecular flexibility index (Phi) is 9.65. The smallest absolute Gasteiger partial charge is 0.416 e. The van der Waals surface area contributed by atoms with Gasteiger partial charge in [0.25, 0.3) is 5.91 Å². The van der Waals surface area contributed by atoms with E-state index in [2.05, 4.69) is 37.5 Å². The molecule has 1 aliphatic heterocycles. The van der Waals surface area contributed by atoms with Crippen molar-refractivity contribution >= 4 is 23.3 Å². The predicted molar refractivity (Wildman–Crippen MR) is 162 cm³/mol. The fourth-order valence-electron chi connectivity index (χ4n) is 5.11. The van der Waals surface area contributed by atoms with E-state index in [1.54, 1.807) is 47.2 Å². The Hall–Kier alpha value is -4.93. The van der Waals surface area contributed by atoms with Crippen molar-refractivity contribution in [2.24, 2.45) is 0 Å². The van der Waals surface area contributed by atoms with Crippen molar-refractivity contribution in [2.45, 2.75) is 26.1 Å². The maximum absolute atomic E-state index is 14.1. The van der Waals surface area contributed by atoms with Gasteiger partial charge in [-0.1, -0.05) is 18.1 Å². The SMILES string of the molecule is Cc1ccc(C(=O)Nc2ccc(CN3CCN(CCCNC(=O)O)CC3)c(C(F)(F)F)c2)cc1C#Cc1cnc2cccnn12. The number of aromatic nitrogens is 3. The lowest BCUT2D eigenvalue weighted by atomic mass is 10.0. The highest BCUT2D eigenvalue weighted by Crippen LogP contribution is 2.35. The van der Waals surface area contributed by atoms with Crippen LogP contribution in [0.5, 0.6) is 0 Å². The maximum Gasteiger partial charge on any atom is 0.416 e. The number of rotatable bonds is 8. The molecule has 2 aromatic carbocycles. The molecule has 0 saturated carbocycles. The Bertz CT molecular complexity index is 1750. The van der Waals surface area contributed by atoms with Crippen LogP contribution in [0, 0.1) is 18.8 Å². The molecule has 1 aliphatic rings. The average molecular weight is 620 g/mol. The summed E-state index contributed by atoms with van der Waals surface area (Å²) < 4.78 is 44.0. The zero-order valence-electron chi connectivity index (χ0n) is 24.6. The molecule has 5 rings (SSSR count). The number of nitrogens with one attached hydrogen (secondary N) is 2. The Labute approximate surface area is 257 Å². The number of carbonyl (C=O) groups excluding carboxylic acids is 1. The van der Waals surface area contributed by atoms with Crippen molar-refractivity contribution in [2.75, 3.05) is 44.6 Å². The van der Waals surface area contributed by atoms with Crippen LogP contribution in [0.4, 0.5) is 23.7 Å². The summed E-state index contributed by atoms with van der Waals surface area (Å²) in [4.78, 5) is 32.1. The molecule has 13 heteroatoms. The van der Waals surface area contributed by atoms with Gasteiger partial charge in [-0.3, -0.25) is 9.69 Å². The lowest BCUT2D eigenvalue weighted by Crippen LogP contribution is -2.46. The van der Waals surface area contributed by atoms with Gasteiger partial charge in [0.2, 0.25) is 0 Å². The normalized spacial score (nSPS) is 14.1. The van der Waals surface area contributed by atoms with Crippen LogP contribution >= 0.6 is 0 Å². The van der Waals surface area contributed by atoms with Crippen LogP contribution in [0.25, 0.3) is 5.65 Å². The lowest BCUT2D eigenvalue weighted by molar-refractivity contribution is -0.138. The zero-order chi connectivity index (χ0) is 32.0. The van der Waals surface area contributed by atoms with Gasteiger partial charge >= 0.3 is 12.3 Å². The Morgan fingerprint density at radius 3 is 2.56 bits per heavy atom. The van der Waals surface area contributed by atoms with Gasteiger partial charge in [0.1, 0.15) is 5.69 Å². The fraction of sp³-hybridized carbons (Fsp3) is 0.312. The number of benzene rings is 2. The first-order chi connectivity index (χ1) is 21.6. The summed E-state index contributed by atoms with van der Waals surface area (Å²) in [6.45, 7) is 5.59. The van der Waals surface area contributed by atoms with Crippen molar-refractivity contribution in [3.63, 3.8) is 0 Å². The van der Waals surface area contributed by atoms with E-state index in [9.17, 15) is 22.8 Å². The first-order valence-electron chi connectivity index (χ1n) is 14.4. The molecule has 0 unspecified atom stereocenters. The molecule has 0 aliphatic carbocycles. The summed E-state index contributed by atoms with van der Waals surface area (Å²) in [7, 11) is 0. The maximum atomic E-state index is 14.1. The second-order valence-corrected chi connectivity index (χ2v) is 10.7. The first-order valence-corrected chi connectivity index (χ1v) is 14.4. The highest BCUT2D eigenvalue weighted by atomic mass is 19.4. The minimum absolute atomic E-state index is 0.0425. The van der Waals surface area contributed by atoms with E-state index in [0.717, 1.165) is 11.6 Å². The van der Waals surface area contributed by atoms with Crippen LogP contribution in [0.1, 0.15) is 44.7 Å². The molecule has 4 aromatic rings. The molecule has 0 spiro atoms. The number of piperazine rings is 1. The number of alkyl halides is 3. The summed E-state index contributed by atoms with van der Waals surface area (Å²) in [5.74, 6) is 5.52. The quantitative estimate of drug-likeness (QED) is 0.197. The number of imidazole rings is 1. The number of fused-ring (bicyclic) bond motifs is 1. The molecule has 3 heterocycles. The van der Waals surface area contributed by atoms with E-state index in [1.807, 2.05) is 11.8 Å². The lowest BCUT2D eigenvalue weighted by Gasteiger charge is -2.35. The Morgan fingerprint density at radius 1 is 1.02 bits per heavy atom. The van der Waals surface area contributed by atoms with E-state index in [-0.39, 0.29) is 23.4 Å². The average Bonchev–Trinajstić information content (AvgIpc) is 3.43. The van der Waals surface area contributed by atoms with Gasteiger partial charge in [0.05, 0.1) is 11.8 Å². The number of hydrogen-bond acceptors (Lipinski definition) is 6. The second kappa shape index (κ2) is 13.8. The van der Waals surface area contributed by atoms with Gasteiger partial charge in [0.15, 0.2) is 5.65 Å². The summed E-state index contributed by atoms with van der Waals surface area (Å²) in [6, 6.07) is 12.4. The fourth-order valence-corrected chi connectivity index (χ4v) is 5.11. The van der Waals surface area contributed by atoms with Crippen LogP contribution in [-0.2, 0) is 12.7 Å². The number of hydrogen-bond donors (Lipinski definition) is 3. The van der Waals surface area contributed by atoms with E-state index in [0.29, 0.717) is 62.6 Å². The summed E-state index contributed by atoms with van der Waals surface area (Å²) in [6.07, 6.45) is -1.77. The number of amides is 2. The number of carbonyl (C=O) groups is 2. The molecule has 2 aromatic heterocycles. The van der Waals surface area contributed by atoms with E-state index in [4.69, 9.17) is 5.11 Å². The number of carboxylic acid groups (broad SMARTS) is 1. The molecule has 10 nitrogen and oxygen atoms in total. The predicted octanol–water partition coefficient (Wildman–Crippen LogP) is 4.48. The van der Waals surface area contributed by atoms with Gasteiger partial charge in [-0.25, -0.2) is 14.3 Å². The van der Waals surface area contributed by atoms with E-state index >= 15 is 0 Å². The van der Waals surface area contributed by atoms with Gasteiger partial charge in [-0.15, -0.1) is 0 Å². The molecule has 45 heavy (non-hydrogen) atoms. The van der Waals surface area contributed by atoms with Crippen molar-refractivity contribution in [3.8, 4) is 11.8 Å². The molecule has 2 amide bonds. The largest absolute Gasteiger partial charge is 0.465 e. The minimum atomic E-state index is -4.60. The van der Waals surface area contributed by atoms with Gasteiger partial charge in [-0.2, -0.15) is 18.3 Å². The second-order valence-electron chi connectivity index (χ2n) is 10.7. The van der Waals surface area contributed by atoms with Crippen molar-refractivity contribution in [1.82, 2.24) is 29.7 Å². The molecular weight excluding hydrogens is 587 g/mol. The highest BCUT2D eigenvalue weighted by molar-refractivity contribution is 6.04. The summed E-state index contributed by atoms with van der Waals surface area (Å²) in [5, 5.41) is 17.8. The molecule has 0 radical (unpaired) electrons. The number of anilines is 1. The van der Waals surface area contributed by atoms with Crippen LogP contribution in [0.2, 0.25) is 0 Å². The molecule has 0 bridgehead atoms. The van der Waals surface area contributed by atoms with Crippen LogP contribution in [0.3, 0.4) is 0 Å². The Balaban J connectivity index is 1.24. The van der Waals surface area contributed by atoms with Gasteiger partial charge in [-0.05, 0) is 73.3 Å². The van der Waals surface area contributed by atoms with E-state index < -0.39 is 23.7 Å². The van der Waals surface area contributed by atoms with Gasteiger partial charge < -0.3 is 20.6 Å². The van der Waals surface area contributed by atoms with Crippen molar-refractivity contribution in [3.05, 3.63) is 94.4 Å². The topological polar surface area (TPSA) is 115 Å².